The van der Waals surface area contributed by atoms with Crippen molar-refractivity contribution in [2.45, 2.75) is 13.8 Å². The smallest absolute Gasteiger partial charge is 0.273 e. The summed E-state index contributed by atoms with van der Waals surface area (Å²) in [5, 5.41) is 0. The van der Waals surface area contributed by atoms with Gasteiger partial charge in [0, 0.05) is 16.9 Å². The summed E-state index contributed by atoms with van der Waals surface area (Å²) in [4.78, 5) is 9.97. The van der Waals surface area contributed by atoms with Gasteiger partial charge in [-0.2, -0.15) is 0 Å². The van der Waals surface area contributed by atoms with E-state index < -0.39 is 0 Å². The summed E-state index contributed by atoms with van der Waals surface area (Å²) in [6, 6.07) is 0. The Bertz CT molecular complexity index is 514. The van der Waals surface area contributed by atoms with Gasteiger partial charge in [0.2, 0.25) is 0 Å². The van der Waals surface area contributed by atoms with E-state index in [1.165, 1.54) is 0 Å². The van der Waals surface area contributed by atoms with E-state index in [9.17, 15) is 0 Å². The first-order chi connectivity index (χ1) is 8.73. The Morgan fingerprint density at radius 1 is 1.00 bits per heavy atom. The van der Waals surface area contributed by atoms with E-state index in [0.717, 1.165) is 22.8 Å². The molecule has 0 aliphatic carbocycles. The van der Waals surface area contributed by atoms with Gasteiger partial charge in [0.15, 0.2) is 0 Å². The van der Waals surface area contributed by atoms with E-state index in [1.54, 1.807) is 24.0 Å². The van der Waals surface area contributed by atoms with Crippen LogP contribution in [0.15, 0.2) is 25.3 Å². The molecule has 1 rings (SSSR count). The van der Waals surface area contributed by atoms with E-state index >= 15 is 0 Å². The first-order valence-corrected chi connectivity index (χ1v) is 5.78. The number of hydrogen-bond acceptors (Lipinski definition) is 2. The topological polar surface area (TPSA) is 26.0 Å². The van der Waals surface area contributed by atoms with Gasteiger partial charge in [-0.15, -0.1) is 0 Å². The van der Waals surface area contributed by atoms with Crippen molar-refractivity contribution >= 4 is 24.3 Å². The molecule has 3 heteroatoms. The molecular weight excluding hydrogens is 224 g/mol. The second-order valence-corrected chi connectivity index (χ2v) is 3.54. The van der Waals surface area contributed by atoms with Crippen molar-refractivity contribution in [3.05, 3.63) is 48.1 Å². The molecular formula is C15H19N2O+. The van der Waals surface area contributed by atoms with Gasteiger partial charge in [-0.25, -0.2) is 4.98 Å². The number of allylic oxidation sites excluding steroid dienone is 2. The van der Waals surface area contributed by atoms with Crippen molar-refractivity contribution in [3.63, 3.8) is 0 Å². The van der Waals surface area contributed by atoms with Gasteiger partial charge >= 0.3 is 0 Å². The Kier molecular flexibility index (Phi) is 5.06. The predicted molar refractivity (Wildman–Crippen MR) is 76.5 cm³/mol. The van der Waals surface area contributed by atoms with Crippen molar-refractivity contribution in [3.8, 4) is 0 Å². The number of aromatic nitrogens is 2. The van der Waals surface area contributed by atoms with Gasteiger partial charge in [-0.3, -0.25) is 4.84 Å². The highest BCUT2D eigenvalue weighted by Gasteiger charge is 2.23. The Hall–Kier alpha value is -2.16. The van der Waals surface area contributed by atoms with Crippen LogP contribution in [0.1, 0.15) is 36.6 Å². The monoisotopic (exact) mass is 243 g/mol. The van der Waals surface area contributed by atoms with Crippen LogP contribution in [0.4, 0.5) is 0 Å². The second-order valence-electron chi connectivity index (χ2n) is 3.54. The Morgan fingerprint density at radius 3 is 2.11 bits per heavy atom. The summed E-state index contributed by atoms with van der Waals surface area (Å²) in [6.45, 7) is 11.5. The molecule has 0 atom stereocenters. The van der Waals surface area contributed by atoms with Crippen LogP contribution in [-0.4, -0.2) is 12.1 Å². The molecule has 0 aliphatic rings. The Labute approximate surface area is 108 Å². The third kappa shape index (κ3) is 2.56. The van der Waals surface area contributed by atoms with Gasteiger partial charge in [-0.05, 0) is 26.0 Å². The summed E-state index contributed by atoms with van der Waals surface area (Å²) in [5.41, 5.74) is 3.23. The van der Waals surface area contributed by atoms with E-state index in [0.29, 0.717) is 0 Å². The minimum atomic E-state index is 0.744. The molecule has 0 unspecified atom stereocenters. The van der Waals surface area contributed by atoms with Crippen molar-refractivity contribution in [2.24, 2.45) is 0 Å². The Balaban J connectivity index is 3.73. The molecule has 0 N–H and O–H groups in total. The molecule has 0 fully saturated rings. The van der Waals surface area contributed by atoms with Gasteiger partial charge in [0.1, 0.15) is 18.5 Å². The molecule has 0 amide bonds. The van der Waals surface area contributed by atoms with Crippen LogP contribution in [0, 0.1) is 0 Å². The quantitative estimate of drug-likeness (QED) is 0.743. The first-order valence-electron chi connectivity index (χ1n) is 5.78. The maximum atomic E-state index is 5.42. The molecule has 0 aliphatic heterocycles. The highest BCUT2D eigenvalue weighted by atomic mass is 16.6. The van der Waals surface area contributed by atoms with Crippen LogP contribution >= 0.6 is 0 Å². The molecule has 0 radical (unpaired) electrons. The highest BCUT2D eigenvalue weighted by molar-refractivity contribution is 5.62. The molecule has 1 aromatic heterocycles. The summed E-state index contributed by atoms with van der Waals surface area (Å²) in [6.07, 6.45) is 11.2. The predicted octanol–water partition coefficient (Wildman–Crippen LogP) is 2.78. The second kappa shape index (κ2) is 6.55. The van der Waals surface area contributed by atoms with Gasteiger partial charge in [0.25, 0.3) is 11.4 Å². The molecule has 0 spiro atoms. The molecule has 3 nitrogen and oxygen atoms in total. The van der Waals surface area contributed by atoms with Crippen molar-refractivity contribution in [2.75, 3.05) is 7.11 Å². The molecule has 0 bridgehead atoms. The standard InChI is InChI=1S/C15H19N2O/c1-6-10-13-15(11-7-2)17(18-5)14(9-4)12(8-3)16-13/h6-11H,3-4H2,1-2,5H3/q+1/b10-6-,11-7-. The average molecular weight is 243 g/mol. The fourth-order valence-electron chi connectivity index (χ4n) is 1.71. The van der Waals surface area contributed by atoms with Crippen LogP contribution in [0.25, 0.3) is 24.3 Å². The minimum absolute atomic E-state index is 0.744. The van der Waals surface area contributed by atoms with Gasteiger partial charge in [0.05, 0.1) is 0 Å². The normalized spacial score (nSPS) is 11.1. The third-order valence-corrected chi connectivity index (χ3v) is 2.42. The molecule has 0 aromatic carbocycles. The summed E-state index contributed by atoms with van der Waals surface area (Å²) in [7, 11) is 1.62. The number of hydrogen-bond donors (Lipinski definition) is 0. The van der Waals surface area contributed by atoms with Gasteiger partial charge < -0.3 is 0 Å². The van der Waals surface area contributed by atoms with Crippen LogP contribution < -0.4 is 9.57 Å². The lowest BCUT2D eigenvalue weighted by molar-refractivity contribution is -0.888. The summed E-state index contributed by atoms with van der Waals surface area (Å²) >= 11 is 0. The fourth-order valence-corrected chi connectivity index (χ4v) is 1.71. The largest absolute Gasteiger partial charge is 0.283 e. The zero-order valence-electron chi connectivity index (χ0n) is 11.2. The van der Waals surface area contributed by atoms with Crippen molar-refractivity contribution in [1.82, 2.24) is 4.98 Å². The number of rotatable bonds is 5. The summed E-state index contributed by atoms with van der Waals surface area (Å²) in [5.74, 6) is 0. The molecule has 0 saturated heterocycles. The van der Waals surface area contributed by atoms with Gasteiger partial charge in [-0.1, -0.05) is 25.3 Å². The van der Waals surface area contributed by atoms with Crippen LogP contribution in [0.2, 0.25) is 0 Å². The lowest BCUT2D eigenvalue weighted by atomic mass is 10.2. The van der Waals surface area contributed by atoms with Crippen LogP contribution in [0.3, 0.4) is 0 Å². The van der Waals surface area contributed by atoms with E-state index in [2.05, 4.69) is 18.1 Å². The first kappa shape index (κ1) is 13.9. The molecule has 1 aromatic rings. The van der Waals surface area contributed by atoms with Crippen LogP contribution in [-0.2, 0) is 0 Å². The third-order valence-electron chi connectivity index (χ3n) is 2.42. The highest BCUT2D eigenvalue weighted by Crippen LogP contribution is 2.12. The van der Waals surface area contributed by atoms with Crippen LogP contribution in [0.5, 0.6) is 0 Å². The van der Waals surface area contributed by atoms with Crippen molar-refractivity contribution in [1.29, 1.82) is 0 Å². The molecule has 18 heavy (non-hydrogen) atoms. The van der Waals surface area contributed by atoms with E-state index in [-0.39, 0.29) is 0 Å². The molecule has 0 saturated carbocycles. The fraction of sp³-hybridized carbons (Fsp3) is 0.200. The minimum Gasteiger partial charge on any atom is -0.273 e. The SMILES string of the molecule is C=Cc1nc(/C=C\C)c(/C=C\C)[n+](OC)c1C=C. The maximum absolute atomic E-state index is 5.42. The molecule has 1 heterocycles. The maximum Gasteiger partial charge on any atom is 0.283 e. The van der Waals surface area contributed by atoms with Crippen molar-refractivity contribution < 1.29 is 9.57 Å². The lowest BCUT2D eigenvalue weighted by Gasteiger charge is -2.05. The number of nitrogens with zero attached hydrogens (tertiary/aromatic N) is 2. The zero-order chi connectivity index (χ0) is 13.5. The zero-order valence-corrected chi connectivity index (χ0v) is 11.2. The van der Waals surface area contributed by atoms with E-state index in [1.807, 2.05) is 38.2 Å². The van der Waals surface area contributed by atoms with E-state index in [4.69, 9.17) is 4.84 Å². The summed E-state index contributed by atoms with van der Waals surface area (Å²) < 4.78 is 1.70. The Morgan fingerprint density at radius 2 is 1.67 bits per heavy atom. The molecule has 94 valence electrons. The average Bonchev–Trinajstić information content (AvgIpc) is 2.39. The lowest BCUT2D eigenvalue weighted by Crippen LogP contribution is -2.48.